The van der Waals surface area contributed by atoms with Crippen LogP contribution in [0.1, 0.15) is 27.2 Å². The van der Waals surface area contributed by atoms with E-state index in [-0.39, 0.29) is 0 Å². The van der Waals surface area contributed by atoms with Crippen molar-refractivity contribution in [2.45, 2.75) is 27.2 Å². The van der Waals surface area contributed by atoms with Gasteiger partial charge in [-0.3, -0.25) is 0 Å². The largest absolute Gasteiger partial charge is 0.365 e. The lowest BCUT2D eigenvalue weighted by Crippen LogP contribution is -2.02. The average Bonchev–Trinajstić information content (AvgIpc) is 2.24. The maximum Gasteiger partial charge on any atom is 0.00854 e. The first kappa shape index (κ1) is 13.5. The van der Waals surface area contributed by atoms with E-state index in [1.165, 1.54) is 0 Å². The highest BCUT2D eigenvalue weighted by Gasteiger charge is 1.94. The molecule has 0 fully saturated rings. The molecule has 0 aliphatic heterocycles. The van der Waals surface area contributed by atoms with Gasteiger partial charge in [0, 0.05) is 11.9 Å². The molecule has 0 radical (unpaired) electrons. The highest BCUT2D eigenvalue weighted by Crippen LogP contribution is 2.11. The van der Waals surface area contributed by atoms with Gasteiger partial charge >= 0.3 is 0 Å². The van der Waals surface area contributed by atoms with E-state index in [1.807, 2.05) is 38.3 Å². The van der Waals surface area contributed by atoms with Crippen molar-refractivity contribution in [1.29, 1.82) is 0 Å². The molecule has 1 N–H and O–H groups in total. The zero-order chi connectivity index (χ0) is 11.7. The summed E-state index contributed by atoms with van der Waals surface area (Å²) in [5.74, 6) is 0. The smallest absolute Gasteiger partial charge is 0.00854 e. The predicted octanol–water partition coefficient (Wildman–Crippen LogP) is 4.09. The zero-order valence-corrected chi connectivity index (χ0v) is 10.0. The Kier molecular flexibility index (Phi) is 7.08. The van der Waals surface area contributed by atoms with Gasteiger partial charge in [0.1, 0.15) is 0 Å². The van der Waals surface area contributed by atoms with Gasteiger partial charge in [-0.25, -0.2) is 0 Å². The number of nitrogens with one attached hydrogen (secondary N) is 1. The molecule has 0 amide bonds. The molecule has 0 heterocycles. The van der Waals surface area contributed by atoms with E-state index in [4.69, 9.17) is 0 Å². The maximum absolute atomic E-state index is 3.79. The first-order chi connectivity index (χ1) is 7.19. The van der Waals surface area contributed by atoms with Crippen molar-refractivity contribution < 1.29 is 0 Å². The molecule has 15 heavy (non-hydrogen) atoms. The Labute approximate surface area is 93.6 Å². The van der Waals surface area contributed by atoms with Crippen LogP contribution in [0.2, 0.25) is 0 Å². The Balaban J connectivity index is 4.68. The first-order valence-corrected chi connectivity index (χ1v) is 5.24. The Morgan fingerprint density at radius 3 is 2.20 bits per heavy atom. The molecular formula is C14H21N. The second-order valence-electron chi connectivity index (χ2n) is 3.19. The van der Waals surface area contributed by atoms with Gasteiger partial charge in [0.25, 0.3) is 0 Å². The van der Waals surface area contributed by atoms with Crippen LogP contribution >= 0.6 is 0 Å². The minimum atomic E-state index is 1.04. The van der Waals surface area contributed by atoms with Crippen molar-refractivity contribution in [3.63, 3.8) is 0 Å². The highest BCUT2D eigenvalue weighted by molar-refractivity contribution is 5.44. The zero-order valence-electron chi connectivity index (χ0n) is 10.0. The second kappa shape index (κ2) is 7.86. The molecule has 0 bridgehead atoms. The van der Waals surface area contributed by atoms with E-state index in [1.54, 1.807) is 0 Å². The summed E-state index contributed by atoms with van der Waals surface area (Å²) in [4.78, 5) is 0. The molecule has 82 valence electrons. The van der Waals surface area contributed by atoms with E-state index >= 15 is 0 Å². The fourth-order valence-electron chi connectivity index (χ4n) is 1.22. The minimum absolute atomic E-state index is 1.04. The second-order valence-corrected chi connectivity index (χ2v) is 3.19. The third-order valence-electron chi connectivity index (χ3n) is 2.05. The summed E-state index contributed by atoms with van der Waals surface area (Å²) >= 11 is 0. The van der Waals surface area contributed by atoms with Crippen LogP contribution in [0.4, 0.5) is 0 Å². The topological polar surface area (TPSA) is 12.0 Å². The molecule has 0 saturated carbocycles. The third-order valence-corrected chi connectivity index (χ3v) is 2.05. The lowest BCUT2D eigenvalue weighted by Gasteiger charge is -2.05. The summed E-state index contributed by atoms with van der Waals surface area (Å²) < 4.78 is 0. The van der Waals surface area contributed by atoms with Crippen LogP contribution in [0.5, 0.6) is 0 Å². The monoisotopic (exact) mass is 203 g/mol. The molecule has 0 aliphatic carbocycles. The lowest BCUT2D eigenvalue weighted by molar-refractivity contribution is 1.02. The van der Waals surface area contributed by atoms with Crippen LogP contribution < -0.4 is 5.32 Å². The van der Waals surface area contributed by atoms with E-state index in [0.717, 1.165) is 23.3 Å². The molecular weight excluding hydrogens is 182 g/mol. The molecule has 0 spiro atoms. The Morgan fingerprint density at radius 1 is 1.20 bits per heavy atom. The SMILES string of the molecule is C=CC(=C/C)/C(C=C)=C\N/C(C)=C\CC. The van der Waals surface area contributed by atoms with Crippen LogP contribution in [0.25, 0.3) is 0 Å². The quantitative estimate of drug-likeness (QED) is 0.641. The minimum Gasteiger partial charge on any atom is -0.365 e. The van der Waals surface area contributed by atoms with Crippen molar-refractivity contribution >= 4 is 0 Å². The highest BCUT2D eigenvalue weighted by atomic mass is 14.8. The van der Waals surface area contributed by atoms with Gasteiger partial charge in [-0.05, 0) is 31.4 Å². The van der Waals surface area contributed by atoms with Crippen molar-refractivity contribution in [2.24, 2.45) is 0 Å². The van der Waals surface area contributed by atoms with E-state index in [9.17, 15) is 0 Å². The van der Waals surface area contributed by atoms with Gasteiger partial charge in [0.05, 0.1) is 0 Å². The van der Waals surface area contributed by atoms with Crippen LogP contribution in [-0.4, -0.2) is 0 Å². The molecule has 0 saturated heterocycles. The maximum atomic E-state index is 3.79. The van der Waals surface area contributed by atoms with Gasteiger partial charge < -0.3 is 5.32 Å². The number of allylic oxidation sites excluding steroid dienone is 7. The predicted molar refractivity (Wildman–Crippen MR) is 69.4 cm³/mol. The average molecular weight is 203 g/mol. The van der Waals surface area contributed by atoms with E-state index < -0.39 is 0 Å². The van der Waals surface area contributed by atoms with Gasteiger partial charge in [-0.2, -0.15) is 0 Å². The van der Waals surface area contributed by atoms with Crippen molar-refractivity contribution in [3.8, 4) is 0 Å². The van der Waals surface area contributed by atoms with E-state index in [2.05, 4.69) is 31.5 Å². The fourth-order valence-corrected chi connectivity index (χ4v) is 1.22. The number of hydrogen-bond acceptors (Lipinski definition) is 1. The van der Waals surface area contributed by atoms with Crippen LogP contribution in [0, 0.1) is 0 Å². The molecule has 0 aromatic heterocycles. The van der Waals surface area contributed by atoms with Crippen molar-refractivity contribution in [2.75, 3.05) is 0 Å². The molecule has 1 nitrogen and oxygen atoms in total. The van der Waals surface area contributed by atoms with Crippen LogP contribution in [0.15, 0.2) is 60.5 Å². The standard InChI is InChI=1S/C14H21N/c1-6-10-12(5)15-11-14(9-4)13(7-2)8-3/h7-11,15H,2,4,6H2,1,3,5H3/b12-10-,13-8-,14-11-. The van der Waals surface area contributed by atoms with Crippen LogP contribution in [0.3, 0.4) is 0 Å². The number of rotatable bonds is 6. The molecule has 0 aromatic rings. The molecule has 0 rings (SSSR count). The summed E-state index contributed by atoms with van der Waals surface area (Å²) in [6, 6.07) is 0. The first-order valence-electron chi connectivity index (χ1n) is 5.24. The molecule has 1 heteroatoms. The summed E-state index contributed by atoms with van der Waals surface area (Å²) in [5, 5.41) is 3.22. The summed E-state index contributed by atoms with van der Waals surface area (Å²) in [6.07, 6.45) is 10.8. The van der Waals surface area contributed by atoms with Crippen LogP contribution in [-0.2, 0) is 0 Å². The number of hydrogen-bond donors (Lipinski definition) is 1. The van der Waals surface area contributed by atoms with Gasteiger partial charge in [0.15, 0.2) is 0 Å². The summed E-state index contributed by atoms with van der Waals surface area (Å²) in [5.41, 5.74) is 3.29. The summed E-state index contributed by atoms with van der Waals surface area (Å²) in [6.45, 7) is 13.7. The lowest BCUT2D eigenvalue weighted by atomic mass is 10.1. The molecule has 0 aromatic carbocycles. The van der Waals surface area contributed by atoms with Gasteiger partial charge in [-0.15, -0.1) is 0 Å². The van der Waals surface area contributed by atoms with Crippen molar-refractivity contribution in [1.82, 2.24) is 5.32 Å². The Hall–Kier alpha value is -1.50. The van der Waals surface area contributed by atoms with E-state index in [0.29, 0.717) is 0 Å². The van der Waals surface area contributed by atoms with Crippen molar-refractivity contribution in [3.05, 3.63) is 60.5 Å². The fraction of sp³-hybridized carbons (Fsp3) is 0.286. The normalized spacial score (nSPS) is 13.7. The summed E-state index contributed by atoms with van der Waals surface area (Å²) in [7, 11) is 0. The van der Waals surface area contributed by atoms with Gasteiger partial charge in [0.2, 0.25) is 0 Å². The molecule has 0 atom stereocenters. The van der Waals surface area contributed by atoms with Gasteiger partial charge in [-0.1, -0.05) is 44.4 Å². The molecule has 0 unspecified atom stereocenters. The third kappa shape index (κ3) is 5.06. The Morgan fingerprint density at radius 2 is 1.80 bits per heavy atom. The Bertz CT molecular complexity index is 303. The molecule has 0 aliphatic rings.